The van der Waals surface area contributed by atoms with E-state index >= 15 is 0 Å². The standard InChI is InChI=1S/C28H29ClF3N3O2/c1-16(18-4-6-19(7-5-18)25(33)36)34-26(37)22-12-21(29)13-23-24(22)35(15-27(23)10-11-27)14-17-2-8-20(9-3-17)28(30,31)32/h4-8,12-13,16-17H,2-3,9-11,14-15H2,1H3,(H2,33,36)(H,34,37). The maximum atomic E-state index is 13.5. The second-order valence-corrected chi connectivity index (χ2v) is 11.0. The molecule has 2 aliphatic carbocycles. The second kappa shape index (κ2) is 9.39. The van der Waals surface area contributed by atoms with E-state index in [0.717, 1.165) is 36.2 Å². The number of carbonyl (C=O) groups excluding carboxylic acids is 2. The highest BCUT2D eigenvalue weighted by atomic mass is 35.5. The Kier molecular flexibility index (Phi) is 6.51. The zero-order chi connectivity index (χ0) is 26.5. The summed E-state index contributed by atoms with van der Waals surface area (Å²) in [5, 5.41) is 3.53. The van der Waals surface area contributed by atoms with E-state index in [1.807, 2.05) is 13.0 Å². The van der Waals surface area contributed by atoms with Crippen molar-refractivity contribution in [1.29, 1.82) is 0 Å². The molecule has 1 aliphatic heterocycles. The molecule has 5 nitrogen and oxygen atoms in total. The van der Waals surface area contributed by atoms with Crippen LogP contribution in [0.4, 0.5) is 18.9 Å². The van der Waals surface area contributed by atoms with Crippen LogP contribution in [0.5, 0.6) is 0 Å². The van der Waals surface area contributed by atoms with Gasteiger partial charge < -0.3 is 16.0 Å². The quantitative estimate of drug-likeness (QED) is 0.444. The van der Waals surface area contributed by atoms with Gasteiger partial charge in [0.25, 0.3) is 5.91 Å². The molecule has 5 rings (SSSR count). The molecule has 9 heteroatoms. The molecular weight excluding hydrogens is 503 g/mol. The Morgan fingerprint density at radius 1 is 1.22 bits per heavy atom. The van der Waals surface area contributed by atoms with Crippen LogP contribution in [0.25, 0.3) is 0 Å². The Morgan fingerprint density at radius 2 is 1.92 bits per heavy atom. The number of nitrogens with one attached hydrogen (secondary N) is 1. The fraction of sp³-hybridized carbons (Fsp3) is 0.429. The molecule has 0 radical (unpaired) electrons. The summed E-state index contributed by atoms with van der Waals surface area (Å²) in [6.45, 7) is 3.20. The van der Waals surface area contributed by atoms with Crippen LogP contribution in [0, 0.1) is 5.92 Å². The fourth-order valence-corrected chi connectivity index (χ4v) is 5.92. The van der Waals surface area contributed by atoms with E-state index in [0.29, 0.717) is 35.5 Å². The van der Waals surface area contributed by atoms with Crippen molar-refractivity contribution >= 4 is 29.1 Å². The number of fused-ring (bicyclic) bond motifs is 2. The van der Waals surface area contributed by atoms with Gasteiger partial charge in [0.05, 0.1) is 17.3 Å². The molecule has 196 valence electrons. The number of amides is 2. The number of allylic oxidation sites excluding steroid dienone is 2. The molecule has 2 aromatic rings. The summed E-state index contributed by atoms with van der Waals surface area (Å²) < 4.78 is 39.3. The molecule has 0 bridgehead atoms. The third kappa shape index (κ3) is 5.08. The number of halogens is 4. The zero-order valence-electron chi connectivity index (χ0n) is 20.5. The highest BCUT2D eigenvalue weighted by molar-refractivity contribution is 6.31. The van der Waals surface area contributed by atoms with Crippen LogP contribution in [0.15, 0.2) is 48.0 Å². The molecule has 1 spiro atoms. The maximum Gasteiger partial charge on any atom is 0.412 e. The minimum Gasteiger partial charge on any atom is -0.369 e. The van der Waals surface area contributed by atoms with Crippen molar-refractivity contribution < 1.29 is 22.8 Å². The van der Waals surface area contributed by atoms with E-state index in [1.165, 1.54) is 6.08 Å². The van der Waals surface area contributed by atoms with Crippen molar-refractivity contribution in [3.8, 4) is 0 Å². The van der Waals surface area contributed by atoms with Crippen molar-refractivity contribution in [2.75, 3.05) is 18.0 Å². The largest absolute Gasteiger partial charge is 0.412 e. The summed E-state index contributed by atoms with van der Waals surface area (Å²) in [5.41, 5.74) is 8.45. The van der Waals surface area contributed by atoms with Gasteiger partial charge in [0.2, 0.25) is 5.91 Å². The van der Waals surface area contributed by atoms with Crippen LogP contribution in [0.2, 0.25) is 5.02 Å². The van der Waals surface area contributed by atoms with Crippen molar-refractivity contribution in [3.05, 3.63) is 75.3 Å². The Labute approximate surface area is 218 Å². The first kappa shape index (κ1) is 25.6. The molecule has 1 heterocycles. The summed E-state index contributed by atoms with van der Waals surface area (Å²) in [6.07, 6.45) is -0.0493. The molecule has 37 heavy (non-hydrogen) atoms. The number of nitrogens with two attached hydrogens (primary N) is 1. The lowest BCUT2D eigenvalue weighted by Gasteiger charge is -2.30. The van der Waals surface area contributed by atoms with Gasteiger partial charge in [-0.3, -0.25) is 9.59 Å². The third-order valence-corrected chi connectivity index (χ3v) is 8.18. The molecule has 1 fully saturated rings. The van der Waals surface area contributed by atoms with E-state index in [9.17, 15) is 22.8 Å². The normalized spacial score (nSPS) is 20.8. The molecular formula is C28H29ClF3N3O2. The van der Waals surface area contributed by atoms with Gasteiger partial charge in [-0.05, 0) is 80.3 Å². The predicted octanol–water partition coefficient (Wildman–Crippen LogP) is 6.07. The van der Waals surface area contributed by atoms with Crippen LogP contribution in [-0.4, -0.2) is 31.1 Å². The number of hydrogen-bond donors (Lipinski definition) is 2. The minimum absolute atomic E-state index is 0.0278. The number of anilines is 1. The first-order chi connectivity index (χ1) is 17.5. The Hall–Kier alpha value is -3.00. The van der Waals surface area contributed by atoms with Crippen LogP contribution in [0.1, 0.15) is 76.9 Å². The van der Waals surface area contributed by atoms with Crippen molar-refractivity contribution in [1.82, 2.24) is 5.32 Å². The average molecular weight is 532 g/mol. The monoisotopic (exact) mass is 531 g/mol. The first-order valence-corrected chi connectivity index (χ1v) is 12.9. The highest BCUT2D eigenvalue weighted by Crippen LogP contribution is 2.58. The SMILES string of the molecule is CC(NC(=O)c1cc(Cl)cc2c1N(CC1CC=C(C(F)(F)F)CC1)CC21CC1)c1ccc(C(N)=O)cc1. The number of rotatable bonds is 6. The first-order valence-electron chi connectivity index (χ1n) is 12.5. The van der Waals surface area contributed by atoms with Crippen LogP contribution in [-0.2, 0) is 5.41 Å². The Bertz CT molecular complexity index is 1270. The summed E-state index contributed by atoms with van der Waals surface area (Å²) >= 11 is 6.47. The van der Waals surface area contributed by atoms with Gasteiger partial charge in [-0.25, -0.2) is 0 Å². The molecule has 3 N–H and O–H groups in total. The van der Waals surface area contributed by atoms with Crippen molar-refractivity contribution in [2.24, 2.45) is 11.7 Å². The number of alkyl halides is 3. The van der Waals surface area contributed by atoms with E-state index in [-0.39, 0.29) is 29.7 Å². The van der Waals surface area contributed by atoms with Gasteiger partial charge >= 0.3 is 6.18 Å². The zero-order valence-corrected chi connectivity index (χ0v) is 21.3. The topological polar surface area (TPSA) is 75.4 Å². The Morgan fingerprint density at radius 3 is 2.49 bits per heavy atom. The Balaban J connectivity index is 1.38. The summed E-state index contributed by atoms with van der Waals surface area (Å²) in [7, 11) is 0. The van der Waals surface area contributed by atoms with Crippen LogP contribution < -0.4 is 16.0 Å². The van der Waals surface area contributed by atoms with Crippen molar-refractivity contribution in [3.63, 3.8) is 0 Å². The molecule has 1 saturated carbocycles. The lowest BCUT2D eigenvalue weighted by molar-refractivity contribution is -0.0955. The number of benzene rings is 2. The minimum atomic E-state index is -4.26. The molecule has 0 saturated heterocycles. The van der Waals surface area contributed by atoms with Crippen molar-refractivity contribution in [2.45, 2.75) is 56.7 Å². The van der Waals surface area contributed by atoms with E-state index < -0.39 is 17.7 Å². The number of hydrogen-bond acceptors (Lipinski definition) is 3. The third-order valence-electron chi connectivity index (χ3n) is 7.96. The summed E-state index contributed by atoms with van der Waals surface area (Å²) in [5.74, 6) is -0.701. The van der Waals surface area contributed by atoms with E-state index in [2.05, 4.69) is 10.2 Å². The van der Waals surface area contributed by atoms with E-state index in [4.69, 9.17) is 17.3 Å². The summed E-state index contributed by atoms with van der Waals surface area (Å²) in [4.78, 5) is 27.1. The van der Waals surface area contributed by atoms with Gasteiger partial charge in [0.15, 0.2) is 0 Å². The maximum absolute atomic E-state index is 13.5. The van der Waals surface area contributed by atoms with Crippen LogP contribution in [0.3, 0.4) is 0 Å². The molecule has 2 unspecified atom stereocenters. The van der Waals surface area contributed by atoms with Gasteiger partial charge in [-0.15, -0.1) is 0 Å². The molecule has 0 aromatic heterocycles. The van der Waals surface area contributed by atoms with Gasteiger partial charge in [-0.2, -0.15) is 13.2 Å². The number of primary amides is 1. The molecule has 3 aliphatic rings. The lowest BCUT2D eigenvalue weighted by atomic mass is 9.89. The predicted molar refractivity (Wildman–Crippen MR) is 137 cm³/mol. The average Bonchev–Trinajstić information content (AvgIpc) is 3.57. The molecule has 2 atom stereocenters. The fourth-order valence-electron chi connectivity index (χ4n) is 5.70. The number of nitrogens with zero attached hydrogens (tertiary/aromatic N) is 1. The number of carbonyl (C=O) groups is 2. The van der Waals surface area contributed by atoms with Gasteiger partial charge in [0, 0.05) is 34.7 Å². The highest BCUT2D eigenvalue weighted by Gasteiger charge is 2.53. The molecule has 2 amide bonds. The summed E-state index contributed by atoms with van der Waals surface area (Å²) in [6, 6.07) is 10.0. The van der Waals surface area contributed by atoms with E-state index in [1.54, 1.807) is 30.3 Å². The second-order valence-electron chi connectivity index (χ2n) is 10.6. The smallest absolute Gasteiger partial charge is 0.369 e. The van der Waals surface area contributed by atoms with Crippen LogP contribution >= 0.6 is 11.6 Å². The van der Waals surface area contributed by atoms with Gasteiger partial charge in [0.1, 0.15) is 0 Å². The lowest BCUT2D eigenvalue weighted by Crippen LogP contribution is -2.33. The molecule has 2 aromatic carbocycles. The van der Waals surface area contributed by atoms with Gasteiger partial charge in [-0.1, -0.05) is 29.8 Å².